The van der Waals surface area contributed by atoms with E-state index in [1.165, 1.54) is 6.39 Å². The van der Waals surface area contributed by atoms with Gasteiger partial charge in [-0.1, -0.05) is 6.07 Å². The van der Waals surface area contributed by atoms with Crippen LogP contribution in [0.15, 0.2) is 47.5 Å². The molecule has 7 nitrogen and oxygen atoms in total. The molecule has 0 saturated carbocycles. The molecule has 4 rings (SSSR count). The fourth-order valence-electron chi connectivity index (χ4n) is 3.16. The normalized spacial score (nSPS) is 14.8. The Morgan fingerprint density at radius 2 is 2.04 bits per heavy atom. The first-order valence-electron chi connectivity index (χ1n) is 8.12. The van der Waals surface area contributed by atoms with E-state index >= 15 is 0 Å². The molecule has 1 saturated heterocycles. The molecule has 128 valence electrons. The largest absolute Gasteiger partial charge is 0.494 e. The van der Waals surface area contributed by atoms with Crippen LogP contribution in [0.2, 0.25) is 0 Å². The third kappa shape index (κ3) is 2.77. The predicted octanol–water partition coefficient (Wildman–Crippen LogP) is 2.19. The quantitative estimate of drug-likeness (QED) is 0.729. The Bertz CT molecular complexity index is 900. The van der Waals surface area contributed by atoms with Gasteiger partial charge in [-0.05, 0) is 12.1 Å². The summed E-state index contributed by atoms with van der Waals surface area (Å²) in [5.41, 5.74) is 2.75. The van der Waals surface area contributed by atoms with Crippen LogP contribution in [0.3, 0.4) is 0 Å². The highest BCUT2D eigenvalue weighted by Gasteiger charge is 2.25. The van der Waals surface area contributed by atoms with Crippen molar-refractivity contribution in [3.8, 4) is 5.75 Å². The van der Waals surface area contributed by atoms with Crippen LogP contribution in [0.25, 0.3) is 11.1 Å². The van der Waals surface area contributed by atoms with Gasteiger partial charge in [0.2, 0.25) is 0 Å². The van der Waals surface area contributed by atoms with Gasteiger partial charge in [0, 0.05) is 38.4 Å². The van der Waals surface area contributed by atoms with Crippen molar-refractivity contribution in [2.75, 3.05) is 38.2 Å². The van der Waals surface area contributed by atoms with Crippen LogP contribution < -0.4 is 9.64 Å². The van der Waals surface area contributed by atoms with E-state index in [4.69, 9.17) is 9.15 Å². The van der Waals surface area contributed by atoms with Gasteiger partial charge >= 0.3 is 0 Å². The lowest BCUT2D eigenvalue weighted by Crippen LogP contribution is -2.49. The maximum absolute atomic E-state index is 12.9. The van der Waals surface area contributed by atoms with Gasteiger partial charge in [-0.25, -0.2) is 4.98 Å². The van der Waals surface area contributed by atoms with Crippen molar-refractivity contribution in [1.29, 1.82) is 0 Å². The first-order valence-corrected chi connectivity index (χ1v) is 8.12. The molecule has 3 aromatic rings. The fraction of sp³-hybridized carbons (Fsp3) is 0.278. The van der Waals surface area contributed by atoms with E-state index in [-0.39, 0.29) is 5.91 Å². The maximum Gasteiger partial charge on any atom is 0.257 e. The number of carbonyl (C=O) groups excluding carboxylic acids is 1. The topological polar surface area (TPSA) is 71.7 Å². The number of fused-ring (bicyclic) bond motifs is 1. The van der Waals surface area contributed by atoms with Crippen molar-refractivity contribution in [3.05, 3.63) is 48.6 Å². The maximum atomic E-state index is 12.9. The van der Waals surface area contributed by atoms with Crippen molar-refractivity contribution in [1.82, 2.24) is 14.9 Å². The summed E-state index contributed by atoms with van der Waals surface area (Å²) in [6, 6.07) is 7.29. The van der Waals surface area contributed by atoms with Crippen LogP contribution in [0.1, 0.15) is 10.4 Å². The van der Waals surface area contributed by atoms with Gasteiger partial charge in [-0.3, -0.25) is 9.78 Å². The average molecular weight is 338 g/mol. The number of rotatable bonds is 3. The number of methoxy groups -OCH3 is 1. The second-order valence-electron chi connectivity index (χ2n) is 5.83. The molecule has 1 fully saturated rings. The lowest BCUT2D eigenvalue weighted by Gasteiger charge is -2.36. The summed E-state index contributed by atoms with van der Waals surface area (Å²) < 4.78 is 10.8. The molecule has 0 spiro atoms. The molecule has 0 bridgehead atoms. The molecule has 0 aliphatic carbocycles. The highest BCUT2D eigenvalue weighted by atomic mass is 16.5. The van der Waals surface area contributed by atoms with E-state index in [9.17, 15) is 4.79 Å². The fourth-order valence-corrected chi connectivity index (χ4v) is 3.16. The number of ether oxygens (including phenoxy) is 1. The molecule has 0 unspecified atom stereocenters. The number of hydrogen-bond donors (Lipinski definition) is 0. The average Bonchev–Trinajstić information content (AvgIpc) is 3.16. The molecule has 0 radical (unpaired) electrons. The zero-order valence-electron chi connectivity index (χ0n) is 13.9. The minimum Gasteiger partial charge on any atom is -0.494 e. The second kappa shape index (κ2) is 6.43. The zero-order valence-corrected chi connectivity index (χ0v) is 13.9. The van der Waals surface area contributed by atoms with Gasteiger partial charge in [0.1, 0.15) is 11.3 Å². The lowest BCUT2D eigenvalue weighted by atomic mass is 10.1. The second-order valence-corrected chi connectivity index (χ2v) is 5.83. The molecular weight excluding hydrogens is 320 g/mol. The molecule has 3 heterocycles. The van der Waals surface area contributed by atoms with Crippen LogP contribution in [0.4, 0.5) is 5.69 Å². The Morgan fingerprint density at radius 3 is 2.84 bits per heavy atom. The van der Waals surface area contributed by atoms with Crippen molar-refractivity contribution in [2.45, 2.75) is 0 Å². The number of anilines is 1. The van der Waals surface area contributed by atoms with Gasteiger partial charge in [0.05, 0.1) is 24.6 Å². The molecule has 1 aromatic carbocycles. The van der Waals surface area contributed by atoms with Crippen LogP contribution in [-0.2, 0) is 0 Å². The molecule has 1 aliphatic heterocycles. The third-order valence-electron chi connectivity index (χ3n) is 4.48. The van der Waals surface area contributed by atoms with Crippen LogP contribution in [0, 0.1) is 0 Å². The predicted molar refractivity (Wildman–Crippen MR) is 92.9 cm³/mol. The molecule has 0 atom stereocenters. The van der Waals surface area contributed by atoms with Crippen molar-refractivity contribution in [2.24, 2.45) is 0 Å². The van der Waals surface area contributed by atoms with Crippen LogP contribution in [0.5, 0.6) is 5.75 Å². The van der Waals surface area contributed by atoms with E-state index < -0.39 is 0 Å². The minimum absolute atomic E-state index is 0.0276. The summed E-state index contributed by atoms with van der Waals surface area (Å²) in [7, 11) is 1.65. The summed E-state index contributed by atoms with van der Waals surface area (Å²) in [5, 5.41) is 0. The van der Waals surface area contributed by atoms with E-state index in [0.29, 0.717) is 29.8 Å². The van der Waals surface area contributed by atoms with Gasteiger partial charge in [-0.15, -0.1) is 0 Å². The van der Waals surface area contributed by atoms with E-state index in [1.807, 2.05) is 23.1 Å². The minimum atomic E-state index is -0.0276. The Balaban J connectivity index is 1.50. The number of pyridine rings is 1. The molecule has 1 amide bonds. The molecule has 1 aliphatic rings. The summed E-state index contributed by atoms with van der Waals surface area (Å²) in [6.45, 7) is 2.70. The molecule has 7 heteroatoms. The number of oxazole rings is 1. The number of aromatic nitrogens is 2. The van der Waals surface area contributed by atoms with Gasteiger partial charge < -0.3 is 19.0 Å². The highest BCUT2D eigenvalue weighted by Crippen LogP contribution is 2.28. The first kappa shape index (κ1) is 15.4. The number of hydrogen-bond acceptors (Lipinski definition) is 6. The molecule has 0 N–H and O–H groups in total. The number of piperazine rings is 1. The molecule has 25 heavy (non-hydrogen) atoms. The van der Waals surface area contributed by atoms with Crippen molar-refractivity contribution < 1.29 is 13.9 Å². The number of amides is 1. The number of nitrogens with zero attached hydrogens (tertiary/aromatic N) is 4. The number of carbonyl (C=O) groups is 1. The van der Waals surface area contributed by atoms with Crippen molar-refractivity contribution in [3.63, 3.8) is 0 Å². The van der Waals surface area contributed by atoms with E-state index in [2.05, 4.69) is 14.9 Å². The number of benzene rings is 1. The van der Waals surface area contributed by atoms with Gasteiger partial charge in [0.15, 0.2) is 12.0 Å². The SMILES string of the molecule is COc1ccncc1N1CCN(C(=O)c2cccc3ncoc23)CC1. The zero-order chi connectivity index (χ0) is 17.2. The van der Waals surface area contributed by atoms with E-state index in [0.717, 1.165) is 24.5 Å². The Hall–Kier alpha value is -3.09. The summed E-state index contributed by atoms with van der Waals surface area (Å²) in [6.07, 6.45) is 4.87. The van der Waals surface area contributed by atoms with Gasteiger partial charge in [-0.2, -0.15) is 0 Å². The Labute approximate surface area is 144 Å². The Morgan fingerprint density at radius 1 is 1.20 bits per heavy atom. The van der Waals surface area contributed by atoms with E-state index in [1.54, 1.807) is 25.6 Å². The monoisotopic (exact) mass is 338 g/mol. The lowest BCUT2D eigenvalue weighted by molar-refractivity contribution is 0.0747. The van der Waals surface area contributed by atoms with Crippen LogP contribution >= 0.6 is 0 Å². The highest BCUT2D eigenvalue weighted by molar-refractivity contribution is 6.04. The first-order chi connectivity index (χ1) is 12.3. The molecule has 2 aromatic heterocycles. The third-order valence-corrected chi connectivity index (χ3v) is 4.48. The standard InChI is InChI=1S/C18H18N4O3/c1-24-16-5-6-19-11-15(16)21-7-9-22(10-8-21)18(23)13-3-2-4-14-17(13)25-12-20-14/h2-6,11-12H,7-10H2,1H3. The summed E-state index contributed by atoms with van der Waals surface area (Å²) in [5.74, 6) is 0.765. The Kier molecular flexibility index (Phi) is 3.97. The summed E-state index contributed by atoms with van der Waals surface area (Å²) >= 11 is 0. The summed E-state index contributed by atoms with van der Waals surface area (Å²) in [4.78, 5) is 25.2. The molecular formula is C18H18N4O3. The van der Waals surface area contributed by atoms with Gasteiger partial charge in [0.25, 0.3) is 5.91 Å². The van der Waals surface area contributed by atoms with Crippen LogP contribution in [-0.4, -0.2) is 54.1 Å². The smallest absolute Gasteiger partial charge is 0.257 e. The van der Waals surface area contributed by atoms with Crippen molar-refractivity contribution >= 4 is 22.7 Å². The number of para-hydroxylation sites is 1.